The van der Waals surface area contributed by atoms with Crippen molar-refractivity contribution >= 4 is 32.8 Å². The van der Waals surface area contributed by atoms with Gasteiger partial charge >= 0.3 is 0 Å². The second-order valence-electron chi connectivity index (χ2n) is 5.71. The first-order valence-corrected chi connectivity index (χ1v) is 8.48. The fourth-order valence-electron chi connectivity index (χ4n) is 1.68. The third-order valence-corrected chi connectivity index (χ3v) is 4.88. The third-order valence-electron chi connectivity index (χ3n) is 2.81. The van der Waals surface area contributed by atoms with E-state index < -0.39 is 16.9 Å². The third kappa shape index (κ3) is 5.37. The van der Waals surface area contributed by atoms with Gasteiger partial charge in [0.1, 0.15) is 0 Å². The molecule has 0 spiro atoms. The molecule has 0 heterocycles. The Morgan fingerprint density at radius 3 is 2.57 bits per heavy atom. The minimum Gasteiger partial charge on any atom is -0.366 e. The average Bonchev–Trinajstić information content (AvgIpc) is 2.36. The predicted molar refractivity (Wildman–Crippen MR) is 91.2 cm³/mol. The molecule has 0 bridgehead atoms. The van der Waals surface area contributed by atoms with E-state index in [2.05, 4.69) is 27.2 Å². The lowest BCUT2D eigenvalue weighted by Gasteiger charge is -2.24. The molecule has 0 aliphatic heterocycles. The molecule has 1 aromatic carbocycles. The summed E-state index contributed by atoms with van der Waals surface area (Å²) in [7, 11) is -1.22. The Hall–Kier alpha value is -0.980. The molecule has 0 aliphatic rings. The van der Waals surface area contributed by atoms with Gasteiger partial charge in [0, 0.05) is 16.1 Å². The summed E-state index contributed by atoms with van der Waals surface area (Å²) in [4.78, 5) is 11.4. The number of hydrogen-bond donors (Lipinski definition) is 2. The normalized spacial score (nSPS) is 14.5. The van der Waals surface area contributed by atoms with Gasteiger partial charge in [0.2, 0.25) is 5.91 Å². The van der Waals surface area contributed by atoms with Gasteiger partial charge < -0.3 is 5.73 Å². The van der Waals surface area contributed by atoms with Crippen LogP contribution in [0.25, 0.3) is 0 Å². The van der Waals surface area contributed by atoms with E-state index in [1.54, 1.807) is 18.2 Å². The van der Waals surface area contributed by atoms with Crippen molar-refractivity contribution in [3.8, 4) is 0 Å². The summed E-state index contributed by atoms with van der Waals surface area (Å²) in [6.45, 7) is 9.43. The molecular formula is C15H21BrN2O2S. The zero-order valence-electron chi connectivity index (χ0n) is 12.5. The molecule has 1 amide bonds. The number of carbonyl (C=O) groups is 1. The minimum absolute atomic E-state index is 0.196. The molecule has 0 aromatic heterocycles. The van der Waals surface area contributed by atoms with Crippen LogP contribution in [0.15, 0.2) is 35.3 Å². The van der Waals surface area contributed by atoms with E-state index in [1.807, 2.05) is 26.8 Å². The Morgan fingerprint density at radius 1 is 1.48 bits per heavy atom. The lowest BCUT2D eigenvalue weighted by atomic mass is 10.0. The molecule has 0 radical (unpaired) electrons. The van der Waals surface area contributed by atoms with Crippen LogP contribution in [0.4, 0.5) is 0 Å². The van der Waals surface area contributed by atoms with E-state index in [4.69, 9.17) is 5.73 Å². The number of benzene rings is 1. The summed E-state index contributed by atoms with van der Waals surface area (Å²) in [5.74, 6) is -0.494. The highest BCUT2D eigenvalue weighted by atomic mass is 79.9. The van der Waals surface area contributed by atoms with Crippen molar-refractivity contribution in [2.24, 2.45) is 5.73 Å². The van der Waals surface area contributed by atoms with Gasteiger partial charge in [-0.3, -0.25) is 4.79 Å². The first-order chi connectivity index (χ1) is 9.65. The molecule has 6 heteroatoms. The highest BCUT2D eigenvalue weighted by Gasteiger charge is 2.23. The van der Waals surface area contributed by atoms with Crippen LogP contribution in [0.3, 0.4) is 0 Å². The van der Waals surface area contributed by atoms with Crippen LogP contribution in [0, 0.1) is 0 Å². The van der Waals surface area contributed by atoms with Crippen molar-refractivity contribution in [3.63, 3.8) is 0 Å². The summed E-state index contributed by atoms with van der Waals surface area (Å²) in [5.41, 5.74) is 6.59. The second kappa shape index (κ2) is 7.33. The van der Waals surface area contributed by atoms with Crippen molar-refractivity contribution in [1.29, 1.82) is 0 Å². The largest absolute Gasteiger partial charge is 0.366 e. The van der Waals surface area contributed by atoms with Gasteiger partial charge in [-0.1, -0.05) is 22.0 Å². The molecule has 0 fully saturated rings. The van der Waals surface area contributed by atoms with Gasteiger partial charge in [-0.05, 0) is 51.0 Å². The molecule has 0 aliphatic carbocycles. The second-order valence-corrected chi connectivity index (χ2v) is 8.63. The number of primary amides is 1. The van der Waals surface area contributed by atoms with E-state index in [1.165, 1.54) is 0 Å². The number of halogens is 1. The lowest BCUT2D eigenvalue weighted by molar-refractivity contribution is 0.1000. The summed E-state index contributed by atoms with van der Waals surface area (Å²) in [6.07, 6.45) is 2.35. The van der Waals surface area contributed by atoms with Crippen LogP contribution in [-0.4, -0.2) is 14.9 Å². The monoisotopic (exact) mass is 372 g/mol. The number of carbonyl (C=O) groups excluding carboxylic acids is 1. The van der Waals surface area contributed by atoms with Crippen LogP contribution >= 0.6 is 15.9 Å². The average molecular weight is 373 g/mol. The van der Waals surface area contributed by atoms with Gasteiger partial charge in [-0.25, -0.2) is 8.93 Å². The summed E-state index contributed by atoms with van der Waals surface area (Å²) in [6, 6.07) is 5.07. The Balaban J connectivity index is 3.14. The van der Waals surface area contributed by atoms with Crippen LogP contribution in [0.5, 0.6) is 0 Å². The van der Waals surface area contributed by atoms with Crippen molar-refractivity contribution in [2.75, 3.05) is 0 Å². The summed E-state index contributed by atoms with van der Waals surface area (Å²) in [5, 5.41) is 0. The Labute approximate surface area is 136 Å². The van der Waals surface area contributed by atoms with E-state index >= 15 is 0 Å². The van der Waals surface area contributed by atoms with Crippen molar-refractivity contribution in [2.45, 2.75) is 38.0 Å². The zero-order valence-corrected chi connectivity index (χ0v) is 14.9. The first kappa shape index (κ1) is 18.1. The quantitative estimate of drug-likeness (QED) is 0.752. The Kier molecular flexibility index (Phi) is 6.31. The van der Waals surface area contributed by atoms with Gasteiger partial charge in [-0.15, -0.1) is 6.58 Å². The SMILES string of the molecule is C=CC[C@H](N[S@](=O)C(C)(C)C)c1cc(Br)cc(C(N)=O)c1. The predicted octanol–water partition coefficient (Wildman–Crippen LogP) is 3.22. The fourth-order valence-corrected chi connectivity index (χ4v) is 3.04. The highest BCUT2D eigenvalue weighted by Crippen LogP contribution is 2.25. The molecule has 0 unspecified atom stereocenters. The lowest BCUT2D eigenvalue weighted by Crippen LogP contribution is -2.35. The zero-order chi connectivity index (χ0) is 16.2. The smallest absolute Gasteiger partial charge is 0.248 e. The number of nitrogens with two attached hydrogens (primary N) is 1. The topological polar surface area (TPSA) is 72.2 Å². The maximum Gasteiger partial charge on any atom is 0.248 e. The van der Waals surface area contributed by atoms with Gasteiger partial charge in [-0.2, -0.15) is 0 Å². The summed E-state index contributed by atoms with van der Waals surface area (Å²) >= 11 is 3.37. The Morgan fingerprint density at radius 2 is 2.10 bits per heavy atom. The van der Waals surface area contributed by atoms with Gasteiger partial charge in [0.25, 0.3) is 0 Å². The molecule has 116 valence electrons. The molecule has 1 rings (SSSR count). The van der Waals surface area contributed by atoms with Crippen molar-refractivity contribution in [1.82, 2.24) is 4.72 Å². The maximum absolute atomic E-state index is 12.3. The standard InChI is InChI=1S/C15H21BrN2O2S/c1-5-6-13(18-21(20)15(2,3)4)10-7-11(14(17)19)9-12(16)8-10/h5,7-9,13,18H,1,6H2,2-4H3,(H2,17,19)/t13-,21+/m0/s1. The number of rotatable bonds is 6. The van der Waals surface area contributed by atoms with Gasteiger partial charge in [0.05, 0.1) is 15.7 Å². The van der Waals surface area contributed by atoms with Crippen molar-refractivity contribution in [3.05, 3.63) is 46.5 Å². The fraction of sp³-hybridized carbons (Fsp3) is 0.400. The maximum atomic E-state index is 12.3. The number of hydrogen-bond acceptors (Lipinski definition) is 2. The first-order valence-electron chi connectivity index (χ1n) is 6.54. The molecular weight excluding hydrogens is 352 g/mol. The van der Waals surface area contributed by atoms with E-state index in [9.17, 15) is 9.00 Å². The molecule has 4 nitrogen and oxygen atoms in total. The molecule has 1 aromatic rings. The molecule has 0 saturated heterocycles. The van der Waals surface area contributed by atoms with Crippen LogP contribution in [-0.2, 0) is 11.0 Å². The molecule has 0 saturated carbocycles. The van der Waals surface area contributed by atoms with Crippen LogP contribution in [0.2, 0.25) is 0 Å². The van der Waals surface area contributed by atoms with Crippen LogP contribution in [0.1, 0.15) is 49.2 Å². The Bertz CT molecular complexity index is 567. The van der Waals surface area contributed by atoms with Crippen LogP contribution < -0.4 is 10.5 Å². The van der Waals surface area contributed by atoms with Gasteiger partial charge in [0.15, 0.2) is 0 Å². The van der Waals surface area contributed by atoms with E-state index in [-0.39, 0.29) is 10.8 Å². The summed E-state index contributed by atoms with van der Waals surface area (Å²) < 4.78 is 15.8. The molecule has 3 N–H and O–H groups in total. The minimum atomic E-state index is -1.22. The number of amides is 1. The highest BCUT2D eigenvalue weighted by molar-refractivity contribution is 9.10. The van der Waals surface area contributed by atoms with Crippen molar-refractivity contribution < 1.29 is 9.00 Å². The van der Waals surface area contributed by atoms with E-state index in [0.717, 1.165) is 10.0 Å². The molecule has 21 heavy (non-hydrogen) atoms. The molecule has 2 atom stereocenters. The van der Waals surface area contributed by atoms with E-state index in [0.29, 0.717) is 12.0 Å². The number of nitrogens with one attached hydrogen (secondary N) is 1.